The van der Waals surface area contributed by atoms with Crippen molar-refractivity contribution in [3.05, 3.63) is 54.1 Å². The fraction of sp³-hybridized carbons (Fsp3) is 0.385. The number of piperazine rings is 1. The number of nitrogens with one attached hydrogen (secondary N) is 1. The van der Waals surface area contributed by atoms with Gasteiger partial charge in [0.05, 0.1) is 41.5 Å². The summed E-state index contributed by atoms with van der Waals surface area (Å²) in [5, 5.41) is 3.32. The summed E-state index contributed by atoms with van der Waals surface area (Å²) in [6.45, 7) is 6.71. The number of aromatic nitrogens is 3. The molecular weight excluding hydrogens is 499 g/mol. The van der Waals surface area contributed by atoms with Gasteiger partial charge in [-0.05, 0) is 37.1 Å². The number of anilines is 3. The molecule has 2 bridgehead atoms. The van der Waals surface area contributed by atoms with Gasteiger partial charge in [-0.1, -0.05) is 18.2 Å². The molecule has 192 valence electrons. The van der Waals surface area contributed by atoms with Crippen molar-refractivity contribution < 1.29 is 18.7 Å². The molecule has 37 heavy (non-hydrogen) atoms. The molecule has 3 saturated heterocycles. The lowest BCUT2D eigenvalue weighted by Crippen LogP contribution is -2.48. The first-order valence-electron chi connectivity index (χ1n) is 12.3. The van der Waals surface area contributed by atoms with Gasteiger partial charge < -0.3 is 24.6 Å². The highest BCUT2D eigenvalue weighted by atomic mass is 35.5. The number of ether oxygens (including phenoxy) is 2. The van der Waals surface area contributed by atoms with Crippen molar-refractivity contribution in [3.8, 4) is 5.75 Å². The molecule has 0 aliphatic carbocycles. The van der Waals surface area contributed by atoms with Gasteiger partial charge in [0.1, 0.15) is 29.2 Å². The molecule has 0 spiro atoms. The third-order valence-corrected chi connectivity index (χ3v) is 7.53. The number of hydrogen-bond acceptors (Lipinski definition) is 8. The van der Waals surface area contributed by atoms with Crippen LogP contribution in [0, 0.1) is 11.7 Å². The van der Waals surface area contributed by atoms with Crippen LogP contribution in [0.4, 0.5) is 21.7 Å². The van der Waals surface area contributed by atoms with Crippen molar-refractivity contribution in [1.29, 1.82) is 0 Å². The van der Waals surface area contributed by atoms with E-state index < -0.39 is 5.82 Å². The predicted molar refractivity (Wildman–Crippen MR) is 138 cm³/mol. The second-order valence-electron chi connectivity index (χ2n) is 9.58. The smallest absolute Gasteiger partial charge is 0.246 e. The number of hydrogen-bond donors (Lipinski definition) is 1. The Morgan fingerprint density at radius 1 is 1.30 bits per heavy atom. The molecule has 3 aliphatic heterocycles. The van der Waals surface area contributed by atoms with Crippen molar-refractivity contribution in [2.75, 3.05) is 43.1 Å². The SMILES string of the molecule is C=CC(=O)N1C[C@@H]2C[C@H]1CN2c1ccc2ncnc(Nc3cc(Cl)c(OCC4CCOC4)cc3F)c2n1. The second-order valence-corrected chi connectivity index (χ2v) is 9.99. The molecule has 0 saturated carbocycles. The van der Waals surface area contributed by atoms with E-state index in [2.05, 4.69) is 26.8 Å². The average Bonchev–Trinajstić information content (AvgIpc) is 3.67. The van der Waals surface area contributed by atoms with Crippen LogP contribution in [0.1, 0.15) is 12.8 Å². The maximum absolute atomic E-state index is 15.0. The highest BCUT2D eigenvalue weighted by Gasteiger charge is 2.45. The van der Waals surface area contributed by atoms with E-state index in [-0.39, 0.29) is 35.3 Å². The number of benzene rings is 1. The number of halogens is 2. The van der Waals surface area contributed by atoms with Crippen molar-refractivity contribution in [2.45, 2.75) is 24.9 Å². The molecule has 3 atom stereocenters. The van der Waals surface area contributed by atoms with Crippen LogP contribution in [0.15, 0.2) is 43.2 Å². The topological polar surface area (TPSA) is 92.7 Å². The maximum Gasteiger partial charge on any atom is 0.246 e. The summed E-state index contributed by atoms with van der Waals surface area (Å²) in [5.74, 6) is 1.14. The van der Waals surface area contributed by atoms with Crippen LogP contribution in [0.2, 0.25) is 5.02 Å². The number of carbonyl (C=O) groups excluding carboxylic acids is 1. The third kappa shape index (κ3) is 4.55. The Labute approximate surface area is 218 Å². The number of rotatable bonds is 7. The summed E-state index contributed by atoms with van der Waals surface area (Å²) in [4.78, 5) is 29.6. The molecule has 6 rings (SSSR count). The minimum absolute atomic E-state index is 0.0387. The number of fused-ring (bicyclic) bond motifs is 3. The van der Waals surface area contributed by atoms with Crippen LogP contribution in [-0.4, -0.2) is 70.8 Å². The molecule has 3 aromatic rings. The van der Waals surface area contributed by atoms with Gasteiger partial charge in [-0.3, -0.25) is 4.79 Å². The van der Waals surface area contributed by atoms with Gasteiger partial charge in [0.15, 0.2) is 5.82 Å². The molecule has 3 fully saturated rings. The zero-order valence-electron chi connectivity index (χ0n) is 20.1. The van der Waals surface area contributed by atoms with Crippen molar-refractivity contribution in [3.63, 3.8) is 0 Å². The summed E-state index contributed by atoms with van der Waals surface area (Å²) in [5.41, 5.74) is 1.30. The Morgan fingerprint density at radius 3 is 2.95 bits per heavy atom. The Morgan fingerprint density at radius 2 is 2.19 bits per heavy atom. The highest BCUT2D eigenvalue weighted by Crippen LogP contribution is 2.36. The fourth-order valence-electron chi connectivity index (χ4n) is 5.30. The number of nitrogens with zero attached hydrogens (tertiary/aromatic N) is 5. The Bertz CT molecular complexity index is 1370. The molecule has 11 heteroatoms. The minimum Gasteiger partial charge on any atom is -0.492 e. The van der Waals surface area contributed by atoms with Gasteiger partial charge in [0.25, 0.3) is 0 Å². The molecule has 2 aromatic heterocycles. The van der Waals surface area contributed by atoms with E-state index in [1.54, 1.807) is 0 Å². The van der Waals surface area contributed by atoms with E-state index in [1.165, 1.54) is 24.5 Å². The lowest BCUT2D eigenvalue weighted by Gasteiger charge is -2.34. The predicted octanol–water partition coefficient (Wildman–Crippen LogP) is 3.95. The average molecular weight is 525 g/mol. The lowest BCUT2D eigenvalue weighted by molar-refractivity contribution is -0.127. The first kappa shape index (κ1) is 23.9. The Hall–Kier alpha value is -3.50. The van der Waals surface area contributed by atoms with Crippen LogP contribution in [0.3, 0.4) is 0 Å². The minimum atomic E-state index is -0.520. The van der Waals surface area contributed by atoms with E-state index in [9.17, 15) is 4.79 Å². The largest absolute Gasteiger partial charge is 0.492 e. The van der Waals surface area contributed by atoms with E-state index in [0.717, 1.165) is 18.7 Å². The summed E-state index contributed by atoms with van der Waals surface area (Å²) >= 11 is 6.41. The molecule has 0 radical (unpaired) electrons. The van der Waals surface area contributed by atoms with Gasteiger partial charge >= 0.3 is 0 Å². The molecule has 1 aromatic carbocycles. The first-order chi connectivity index (χ1) is 18.0. The third-order valence-electron chi connectivity index (χ3n) is 7.23. The van der Waals surface area contributed by atoms with E-state index in [0.29, 0.717) is 54.8 Å². The summed E-state index contributed by atoms with van der Waals surface area (Å²) in [6.07, 6.45) is 4.58. The normalized spacial score (nSPS) is 22.6. The van der Waals surface area contributed by atoms with E-state index >= 15 is 4.39 Å². The quantitative estimate of drug-likeness (QED) is 0.464. The Kier molecular flexibility index (Phi) is 6.29. The molecule has 9 nitrogen and oxygen atoms in total. The van der Waals surface area contributed by atoms with Crippen LogP contribution in [0.5, 0.6) is 5.75 Å². The molecular formula is C26H26ClFN6O3. The summed E-state index contributed by atoms with van der Waals surface area (Å²) in [7, 11) is 0. The van der Waals surface area contributed by atoms with Crippen molar-refractivity contribution >= 4 is 45.9 Å². The molecule has 5 heterocycles. The fourth-order valence-corrected chi connectivity index (χ4v) is 5.52. The standard InChI is InChI=1S/C26H26ClFN6O3/c1-2-24(35)34-11-16-7-17(34)10-33(16)23-4-3-20-25(32-23)26(30-14-29-20)31-21-8-18(27)22(9-19(21)28)37-13-15-5-6-36-12-15/h2-4,8-9,14-17H,1,5-7,10-13H2,(H,29,30,31)/t15?,16-,17-/m0/s1. The second kappa shape index (κ2) is 9.75. The highest BCUT2D eigenvalue weighted by molar-refractivity contribution is 6.32. The van der Waals surface area contributed by atoms with Crippen LogP contribution in [-0.2, 0) is 9.53 Å². The molecule has 3 aliphatic rings. The van der Waals surface area contributed by atoms with Crippen LogP contribution >= 0.6 is 11.6 Å². The van der Waals surface area contributed by atoms with Gasteiger partial charge in [0.2, 0.25) is 5.91 Å². The van der Waals surface area contributed by atoms with Crippen molar-refractivity contribution in [1.82, 2.24) is 19.9 Å². The maximum atomic E-state index is 15.0. The first-order valence-corrected chi connectivity index (χ1v) is 12.7. The van der Waals surface area contributed by atoms with Crippen LogP contribution < -0.4 is 15.0 Å². The zero-order chi connectivity index (χ0) is 25.5. The number of likely N-dealkylation sites (tertiary alicyclic amines) is 1. The van der Waals surface area contributed by atoms with Crippen LogP contribution in [0.25, 0.3) is 11.0 Å². The molecule has 1 N–H and O–H groups in total. The monoisotopic (exact) mass is 524 g/mol. The van der Waals surface area contributed by atoms with Crippen molar-refractivity contribution in [2.24, 2.45) is 5.92 Å². The van der Waals surface area contributed by atoms with Gasteiger partial charge in [0, 0.05) is 31.7 Å². The lowest BCUT2D eigenvalue weighted by atomic mass is 10.1. The van der Waals surface area contributed by atoms with E-state index in [1.807, 2.05) is 17.0 Å². The van der Waals surface area contributed by atoms with Gasteiger partial charge in [-0.15, -0.1) is 0 Å². The van der Waals surface area contributed by atoms with Gasteiger partial charge in [-0.25, -0.2) is 19.3 Å². The number of amides is 1. The number of pyridine rings is 1. The van der Waals surface area contributed by atoms with E-state index in [4.69, 9.17) is 26.1 Å². The zero-order valence-corrected chi connectivity index (χ0v) is 20.8. The summed E-state index contributed by atoms with van der Waals surface area (Å²) in [6, 6.07) is 6.87. The molecule has 1 amide bonds. The molecule has 1 unspecified atom stereocenters. The summed E-state index contributed by atoms with van der Waals surface area (Å²) < 4.78 is 26.1. The van der Waals surface area contributed by atoms with Gasteiger partial charge in [-0.2, -0.15) is 0 Å². The number of carbonyl (C=O) groups is 1. The Balaban J connectivity index is 1.23.